The topological polar surface area (TPSA) is 265 Å². The van der Waals surface area contributed by atoms with E-state index in [0.717, 1.165) is 0 Å². The van der Waals surface area contributed by atoms with Crippen LogP contribution >= 0.6 is 0 Å². The minimum Gasteiger partial charge on any atom is -0.412 e. The van der Waals surface area contributed by atoms with Crippen LogP contribution in [0.5, 0.6) is 0 Å². The van der Waals surface area contributed by atoms with Crippen molar-refractivity contribution in [1.82, 2.24) is 0 Å². The average molecular weight is 260 g/mol. The molecule has 0 aliphatic heterocycles. The van der Waals surface area contributed by atoms with Crippen LogP contribution in [0.3, 0.4) is 0 Å². The number of carbonyl (C=O) groups is 1. The first kappa shape index (κ1) is 37.1. The van der Waals surface area contributed by atoms with Crippen LogP contribution in [0.2, 0.25) is 0 Å². The second-order valence-corrected chi connectivity index (χ2v) is 0.850. The van der Waals surface area contributed by atoms with Gasteiger partial charge in [0.25, 0.3) is 0 Å². The Balaban J connectivity index is -0.0000000184. The molecule has 0 aromatic carbocycles. The van der Waals surface area contributed by atoms with Gasteiger partial charge in [-0.05, 0) is 0 Å². The van der Waals surface area contributed by atoms with Crippen molar-refractivity contribution in [3.05, 3.63) is 30.6 Å². The Morgan fingerprint density at radius 1 is 0.867 bits per heavy atom. The minimum atomic E-state index is -1.75. The molecule has 0 saturated carbocycles. The van der Waals surface area contributed by atoms with Gasteiger partial charge in [0, 0.05) is 0 Å². The number of nitrogens with two attached hydrogens (primary N) is 2. The first-order chi connectivity index (χ1) is 5.20. The molecule has 88 valence electrons. The molecule has 14 heteroatoms. The quantitative estimate of drug-likeness (QED) is 0.251. The predicted octanol–water partition coefficient (Wildman–Crippen LogP) is -3.48. The summed E-state index contributed by atoms with van der Waals surface area (Å²) in [7, 11) is 0. The average Bonchev–Trinajstić information content (AvgIpc) is 1.54. The molecule has 0 saturated heterocycles. The van der Waals surface area contributed by atoms with Crippen molar-refractivity contribution in [3.63, 3.8) is 0 Å². The third-order valence-electron chi connectivity index (χ3n) is 0. The molecule has 13 nitrogen and oxygen atoms in total. The molecule has 0 atom stereocenters. The van der Waals surface area contributed by atoms with Crippen LogP contribution in [-0.2, 0) is 0 Å². The van der Waals surface area contributed by atoms with Crippen LogP contribution in [0.1, 0.15) is 0 Å². The van der Waals surface area contributed by atoms with E-state index in [1.807, 2.05) is 0 Å². The smallest absolute Gasteiger partial charge is 0.412 e. The largest absolute Gasteiger partial charge is 2.00 e. The Labute approximate surface area is 111 Å². The zero-order valence-corrected chi connectivity index (χ0v) is 9.32. The van der Waals surface area contributed by atoms with Gasteiger partial charge in [-0.1, -0.05) is 0 Å². The molecule has 0 fully saturated rings. The molecule has 0 unspecified atom stereocenters. The molecule has 8 N–H and O–H groups in total. The van der Waals surface area contributed by atoms with Crippen molar-refractivity contribution >= 4 is 43.8 Å². The summed E-state index contributed by atoms with van der Waals surface area (Å²) in [6.07, 6.45) is 0. The number of carbonyl (C=O) groups excluding carboxylic acids is 1. The summed E-state index contributed by atoms with van der Waals surface area (Å²) >= 11 is 0. The van der Waals surface area contributed by atoms with Gasteiger partial charge in [-0.25, -0.2) is 4.79 Å². The van der Waals surface area contributed by atoms with Gasteiger partial charge in [0.15, 0.2) is 0 Å². The summed E-state index contributed by atoms with van der Waals surface area (Å²) in [6, 6.07) is -0.833. The molecule has 0 aliphatic rings. The van der Waals surface area contributed by atoms with E-state index in [2.05, 4.69) is 11.5 Å². The maximum atomic E-state index is 9.00. The molecule has 0 bridgehead atoms. The van der Waals surface area contributed by atoms with Crippen LogP contribution in [0.15, 0.2) is 0 Å². The Kier molecular flexibility index (Phi) is 72.4. The Morgan fingerprint density at radius 2 is 0.867 bits per heavy atom. The van der Waals surface area contributed by atoms with Crippen LogP contribution in [0, 0.1) is 30.6 Å². The summed E-state index contributed by atoms with van der Waals surface area (Å²) in [5, 5.41) is 29.5. The number of rotatable bonds is 0. The molecule has 0 aromatic rings. The monoisotopic (exact) mass is 260 g/mol. The zero-order valence-electron chi connectivity index (χ0n) is 7.11. The maximum Gasteiger partial charge on any atom is 2.00 e. The van der Waals surface area contributed by atoms with Crippen molar-refractivity contribution < 1.29 is 25.9 Å². The van der Waals surface area contributed by atoms with E-state index in [1.165, 1.54) is 0 Å². The van der Waals surface area contributed by atoms with Crippen molar-refractivity contribution in [3.8, 4) is 0 Å². The number of hydrogen-bond acceptors (Lipinski definition) is 7. The first-order valence-electron chi connectivity index (χ1n) is 1.88. The second-order valence-electron chi connectivity index (χ2n) is 0.850. The molecule has 2 amide bonds. The summed E-state index contributed by atoms with van der Waals surface area (Å²) < 4.78 is 0. The third kappa shape index (κ3) is 1140. The number of nitrogens with zero attached hydrogens (tertiary/aromatic N) is 2. The molecule has 0 rings (SSSR count). The predicted molar refractivity (Wildman–Crippen MR) is 47.5 cm³/mol. The molecular formula is CH8CaN4O9. The first-order valence-corrected chi connectivity index (χ1v) is 1.88. The fourth-order valence-electron chi connectivity index (χ4n) is 0. The summed E-state index contributed by atoms with van der Waals surface area (Å²) in [5.41, 5.74) is 8.50. The van der Waals surface area contributed by atoms with E-state index < -0.39 is 16.2 Å². The Hall–Kier alpha value is -1.15. The summed E-state index contributed by atoms with van der Waals surface area (Å²) in [5.74, 6) is 0. The Bertz CT molecular complexity index is 120. The summed E-state index contributed by atoms with van der Waals surface area (Å²) in [4.78, 5) is 25.5. The van der Waals surface area contributed by atoms with Gasteiger partial charge in [0.1, 0.15) is 0 Å². The number of amides is 2. The van der Waals surface area contributed by atoms with E-state index in [-0.39, 0.29) is 48.7 Å². The molecule has 0 heterocycles. The Morgan fingerprint density at radius 3 is 0.867 bits per heavy atom. The van der Waals surface area contributed by atoms with E-state index in [4.69, 9.17) is 35.4 Å². The van der Waals surface area contributed by atoms with E-state index >= 15 is 0 Å². The van der Waals surface area contributed by atoms with Crippen LogP contribution in [0.25, 0.3) is 0 Å². The van der Waals surface area contributed by atoms with Crippen molar-refractivity contribution in [2.24, 2.45) is 11.5 Å². The van der Waals surface area contributed by atoms with Gasteiger partial charge >= 0.3 is 43.8 Å². The van der Waals surface area contributed by atoms with Gasteiger partial charge in [-0.2, -0.15) is 0 Å². The molecule has 0 aromatic heterocycles. The molecule has 0 spiro atoms. The van der Waals surface area contributed by atoms with Crippen LogP contribution < -0.4 is 11.5 Å². The van der Waals surface area contributed by atoms with Crippen molar-refractivity contribution in [2.45, 2.75) is 0 Å². The van der Waals surface area contributed by atoms with Gasteiger partial charge in [-0.15, -0.1) is 0 Å². The maximum absolute atomic E-state index is 9.00. The number of urea groups is 1. The SMILES string of the molecule is NC(N)=O.O.O.O=[N+]([O-])[O-].O=[N+]([O-])[O-].[Ca+2]. The zero-order chi connectivity index (χ0) is 10.7. The van der Waals surface area contributed by atoms with E-state index in [0.29, 0.717) is 0 Å². The summed E-state index contributed by atoms with van der Waals surface area (Å²) in [6.45, 7) is 0. The third-order valence-corrected chi connectivity index (χ3v) is 0. The molecule has 15 heavy (non-hydrogen) atoms. The molecule has 0 aliphatic carbocycles. The van der Waals surface area contributed by atoms with Crippen molar-refractivity contribution in [1.29, 1.82) is 0 Å². The standard InChI is InChI=1S/CH4N2O.Ca.2NO3.2H2O/c2-1(3)4;;2*2-1(3)4;;/h(H4,2,3,4);;;;2*1H2/q;+2;2*-1;;. The molecular weight excluding hydrogens is 252 g/mol. The number of primary amides is 2. The minimum absolute atomic E-state index is 0. The van der Waals surface area contributed by atoms with Gasteiger partial charge in [0.05, 0.1) is 10.2 Å². The van der Waals surface area contributed by atoms with Gasteiger partial charge in [0.2, 0.25) is 0 Å². The second kappa shape index (κ2) is 29.3. The van der Waals surface area contributed by atoms with Gasteiger partial charge in [-0.3, -0.25) is 0 Å². The fraction of sp³-hybridized carbons (Fsp3) is 0. The van der Waals surface area contributed by atoms with Crippen LogP contribution in [-0.4, -0.2) is 64.9 Å². The van der Waals surface area contributed by atoms with E-state index in [9.17, 15) is 0 Å². The fourth-order valence-corrected chi connectivity index (χ4v) is 0. The van der Waals surface area contributed by atoms with Crippen molar-refractivity contribution in [2.75, 3.05) is 0 Å². The number of hydrogen-bond donors (Lipinski definition) is 2. The van der Waals surface area contributed by atoms with Gasteiger partial charge < -0.3 is 53.1 Å². The van der Waals surface area contributed by atoms with E-state index in [1.54, 1.807) is 0 Å². The van der Waals surface area contributed by atoms with Crippen LogP contribution in [0.4, 0.5) is 4.79 Å². The normalized spacial score (nSPS) is 4.80. The molecule has 0 radical (unpaired) electrons.